The molecule has 0 unspecified atom stereocenters. The van der Waals surface area contributed by atoms with Gasteiger partial charge in [0.25, 0.3) is 0 Å². The first-order valence-electron chi connectivity index (χ1n) is 9.76. The van der Waals surface area contributed by atoms with Gasteiger partial charge in [-0.25, -0.2) is 0 Å². The van der Waals surface area contributed by atoms with E-state index in [4.69, 9.17) is 4.74 Å². The number of hydrogen-bond acceptors (Lipinski definition) is 1. The predicted molar refractivity (Wildman–Crippen MR) is 96.0 cm³/mol. The summed E-state index contributed by atoms with van der Waals surface area (Å²) >= 11 is 0. The van der Waals surface area contributed by atoms with Gasteiger partial charge in [0.1, 0.15) is 0 Å². The minimum absolute atomic E-state index is 0.0902. The fourth-order valence-electron chi connectivity index (χ4n) is 2.81. The molecule has 0 atom stereocenters. The second-order valence-corrected chi connectivity index (χ2v) is 7.25. The zero-order valence-corrected chi connectivity index (χ0v) is 15.5. The minimum atomic E-state index is 0.0902. The minimum Gasteiger partial charge on any atom is -0.376 e. The molecular formula is C20H42O. The van der Waals surface area contributed by atoms with E-state index in [1.807, 2.05) is 0 Å². The summed E-state index contributed by atoms with van der Waals surface area (Å²) in [6.45, 7) is 10.0. The fraction of sp³-hybridized carbons (Fsp3) is 1.00. The molecule has 1 heteroatoms. The monoisotopic (exact) mass is 298 g/mol. The molecule has 0 N–H and O–H groups in total. The van der Waals surface area contributed by atoms with Gasteiger partial charge in [0.05, 0.1) is 5.60 Å². The zero-order chi connectivity index (χ0) is 15.8. The van der Waals surface area contributed by atoms with Gasteiger partial charge in [0.15, 0.2) is 0 Å². The second-order valence-electron chi connectivity index (χ2n) is 7.25. The highest BCUT2D eigenvalue weighted by Gasteiger charge is 2.17. The first-order chi connectivity index (χ1) is 10.1. The number of hydrogen-bond donors (Lipinski definition) is 0. The molecule has 0 rings (SSSR count). The topological polar surface area (TPSA) is 9.23 Å². The van der Waals surface area contributed by atoms with Gasteiger partial charge < -0.3 is 4.74 Å². The van der Waals surface area contributed by atoms with Crippen LogP contribution in [-0.4, -0.2) is 12.2 Å². The van der Waals surface area contributed by atoms with Crippen LogP contribution in [-0.2, 0) is 4.74 Å². The number of ether oxygens (including phenoxy) is 1. The molecule has 0 aromatic rings. The quantitative estimate of drug-likeness (QED) is 0.272. The maximum absolute atomic E-state index is 6.08. The zero-order valence-electron chi connectivity index (χ0n) is 15.5. The van der Waals surface area contributed by atoms with Crippen LogP contribution in [0, 0.1) is 0 Å². The summed E-state index contributed by atoms with van der Waals surface area (Å²) in [4.78, 5) is 0. The highest BCUT2D eigenvalue weighted by Crippen LogP contribution is 2.20. The molecular weight excluding hydrogens is 256 g/mol. The second kappa shape index (κ2) is 14.9. The highest BCUT2D eigenvalue weighted by atomic mass is 16.5. The SMILES string of the molecule is CCCCCCCCCOC(C)(C)CCCCCCCC. The molecule has 0 spiro atoms. The molecule has 1 nitrogen and oxygen atoms in total. The van der Waals surface area contributed by atoms with Gasteiger partial charge in [0, 0.05) is 6.61 Å². The Morgan fingerprint density at radius 1 is 0.571 bits per heavy atom. The molecule has 0 aliphatic rings. The van der Waals surface area contributed by atoms with Gasteiger partial charge in [0.2, 0.25) is 0 Å². The van der Waals surface area contributed by atoms with Gasteiger partial charge in [-0.1, -0.05) is 90.9 Å². The first kappa shape index (κ1) is 21.0. The van der Waals surface area contributed by atoms with Crippen LogP contribution in [0.5, 0.6) is 0 Å². The first-order valence-corrected chi connectivity index (χ1v) is 9.76. The van der Waals surface area contributed by atoms with Gasteiger partial charge in [-0.15, -0.1) is 0 Å². The normalized spacial score (nSPS) is 12.0. The molecule has 0 bridgehead atoms. The summed E-state index contributed by atoms with van der Waals surface area (Å²) in [5.41, 5.74) is 0.0902. The molecule has 0 radical (unpaired) electrons. The Labute approximate surface area is 135 Å². The molecule has 0 aliphatic carbocycles. The van der Waals surface area contributed by atoms with Crippen LogP contribution in [0.25, 0.3) is 0 Å². The summed E-state index contributed by atoms with van der Waals surface area (Å²) in [6.07, 6.45) is 19.0. The Balaban J connectivity index is 3.34. The highest BCUT2D eigenvalue weighted by molar-refractivity contribution is 4.68. The maximum atomic E-state index is 6.08. The third-order valence-electron chi connectivity index (χ3n) is 4.37. The van der Waals surface area contributed by atoms with Crippen LogP contribution in [0.4, 0.5) is 0 Å². The number of rotatable bonds is 16. The molecule has 0 aliphatic heterocycles. The average Bonchev–Trinajstić information content (AvgIpc) is 2.45. The van der Waals surface area contributed by atoms with Crippen molar-refractivity contribution in [1.29, 1.82) is 0 Å². The van der Waals surface area contributed by atoms with Crippen LogP contribution in [0.1, 0.15) is 118 Å². The van der Waals surface area contributed by atoms with E-state index in [2.05, 4.69) is 27.7 Å². The fourth-order valence-corrected chi connectivity index (χ4v) is 2.81. The number of unbranched alkanes of at least 4 members (excludes halogenated alkanes) is 11. The van der Waals surface area contributed by atoms with Crippen LogP contribution >= 0.6 is 0 Å². The molecule has 0 amide bonds. The van der Waals surface area contributed by atoms with Crippen molar-refractivity contribution in [1.82, 2.24) is 0 Å². The Hall–Kier alpha value is -0.0400. The van der Waals surface area contributed by atoms with Crippen molar-refractivity contribution in [3.63, 3.8) is 0 Å². The van der Waals surface area contributed by atoms with Crippen molar-refractivity contribution in [2.45, 2.75) is 123 Å². The van der Waals surface area contributed by atoms with Crippen molar-refractivity contribution >= 4 is 0 Å². The van der Waals surface area contributed by atoms with Gasteiger partial charge >= 0.3 is 0 Å². The standard InChI is InChI=1S/C20H42O/c1-5-7-9-11-13-15-17-19-21-20(3,4)18-16-14-12-10-8-6-2/h5-19H2,1-4H3. The van der Waals surface area contributed by atoms with E-state index in [9.17, 15) is 0 Å². The summed E-state index contributed by atoms with van der Waals surface area (Å²) in [6, 6.07) is 0. The smallest absolute Gasteiger partial charge is 0.0626 e. The summed E-state index contributed by atoms with van der Waals surface area (Å²) in [5, 5.41) is 0. The van der Waals surface area contributed by atoms with Gasteiger partial charge in [-0.2, -0.15) is 0 Å². The van der Waals surface area contributed by atoms with Crippen molar-refractivity contribution in [2.24, 2.45) is 0 Å². The lowest BCUT2D eigenvalue weighted by Gasteiger charge is -2.25. The summed E-state index contributed by atoms with van der Waals surface area (Å²) < 4.78 is 6.08. The van der Waals surface area contributed by atoms with Crippen LogP contribution in [0.15, 0.2) is 0 Å². The molecule has 0 heterocycles. The lowest BCUT2D eigenvalue weighted by atomic mass is 9.99. The molecule has 0 fully saturated rings. The van der Waals surface area contributed by atoms with E-state index in [1.54, 1.807) is 0 Å². The van der Waals surface area contributed by atoms with Crippen molar-refractivity contribution in [3.05, 3.63) is 0 Å². The summed E-state index contributed by atoms with van der Waals surface area (Å²) in [7, 11) is 0. The molecule has 0 aromatic carbocycles. The molecule has 0 aromatic heterocycles. The van der Waals surface area contributed by atoms with Crippen molar-refractivity contribution in [3.8, 4) is 0 Å². The lowest BCUT2D eigenvalue weighted by Crippen LogP contribution is -2.24. The third kappa shape index (κ3) is 16.2. The van der Waals surface area contributed by atoms with Gasteiger partial charge in [-0.05, 0) is 26.7 Å². The maximum Gasteiger partial charge on any atom is 0.0626 e. The Morgan fingerprint density at radius 3 is 1.52 bits per heavy atom. The molecule has 21 heavy (non-hydrogen) atoms. The Kier molecular flexibility index (Phi) is 14.9. The van der Waals surface area contributed by atoms with Crippen LogP contribution < -0.4 is 0 Å². The van der Waals surface area contributed by atoms with Crippen molar-refractivity contribution in [2.75, 3.05) is 6.61 Å². The molecule has 0 saturated carbocycles. The van der Waals surface area contributed by atoms with Crippen molar-refractivity contribution < 1.29 is 4.74 Å². The Morgan fingerprint density at radius 2 is 1.00 bits per heavy atom. The van der Waals surface area contributed by atoms with E-state index >= 15 is 0 Å². The third-order valence-corrected chi connectivity index (χ3v) is 4.37. The molecule has 0 saturated heterocycles. The van der Waals surface area contributed by atoms with Crippen LogP contribution in [0.3, 0.4) is 0 Å². The van der Waals surface area contributed by atoms with E-state index in [0.717, 1.165) is 6.61 Å². The average molecular weight is 299 g/mol. The van der Waals surface area contributed by atoms with E-state index in [-0.39, 0.29) is 5.60 Å². The lowest BCUT2D eigenvalue weighted by molar-refractivity contribution is -0.0266. The summed E-state index contributed by atoms with van der Waals surface area (Å²) in [5.74, 6) is 0. The predicted octanol–water partition coefficient (Wildman–Crippen LogP) is 7.28. The van der Waals surface area contributed by atoms with Gasteiger partial charge in [-0.3, -0.25) is 0 Å². The van der Waals surface area contributed by atoms with E-state index in [1.165, 1.54) is 89.9 Å². The molecule has 128 valence electrons. The van der Waals surface area contributed by atoms with E-state index in [0.29, 0.717) is 0 Å². The largest absolute Gasteiger partial charge is 0.376 e. The van der Waals surface area contributed by atoms with Crippen LogP contribution in [0.2, 0.25) is 0 Å². The Bertz CT molecular complexity index is 198. The van der Waals surface area contributed by atoms with E-state index < -0.39 is 0 Å².